The van der Waals surface area contributed by atoms with Crippen LogP contribution in [-0.2, 0) is 16.1 Å². The second kappa shape index (κ2) is 7.79. The molecule has 0 saturated heterocycles. The maximum absolute atomic E-state index is 14.1. The van der Waals surface area contributed by atoms with E-state index < -0.39 is 29.3 Å². The molecule has 6 heteroatoms. The van der Waals surface area contributed by atoms with Crippen LogP contribution in [0.4, 0.5) is 9.18 Å². The maximum Gasteiger partial charge on any atom is 0.407 e. The topological polar surface area (TPSA) is 75.6 Å². The first kappa shape index (κ1) is 18.4. The molecule has 0 aromatic heterocycles. The zero-order valence-corrected chi connectivity index (χ0v) is 14.0. The van der Waals surface area contributed by atoms with Crippen molar-refractivity contribution in [2.75, 3.05) is 0 Å². The van der Waals surface area contributed by atoms with E-state index in [0.717, 1.165) is 5.56 Å². The number of nitrogens with one attached hydrogen (secondary N) is 1. The van der Waals surface area contributed by atoms with E-state index in [4.69, 9.17) is 4.74 Å². The van der Waals surface area contributed by atoms with Gasteiger partial charge in [0.2, 0.25) is 0 Å². The van der Waals surface area contributed by atoms with Crippen molar-refractivity contribution in [3.8, 4) is 0 Å². The quantitative estimate of drug-likeness (QED) is 0.832. The summed E-state index contributed by atoms with van der Waals surface area (Å²) in [5, 5.41) is 12.0. The van der Waals surface area contributed by atoms with Crippen molar-refractivity contribution in [2.45, 2.75) is 26.5 Å². The second-order valence-corrected chi connectivity index (χ2v) is 6.19. The highest BCUT2D eigenvalue weighted by atomic mass is 19.1. The Morgan fingerprint density at radius 1 is 1.12 bits per heavy atom. The lowest BCUT2D eigenvalue weighted by Gasteiger charge is -2.31. The third-order valence-corrected chi connectivity index (χ3v) is 3.96. The largest absolute Gasteiger partial charge is 0.481 e. The predicted molar refractivity (Wildman–Crippen MR) is 90.3 cm³/mol. The maximum atomic E-state index is 14.1. The normalized spacial score (nSPS) is 12.3. The molecule has 132 valence electrons. The molecule has 0 aliphatic carbocycles. The minimum absolute atomic E-state index is 0.0319. The Morgan fingerprint density at radius 3 is 2.32 bits per heavy atom. The zero-order valence-electron chi connectivity index (χ0n) is 14.0. The predicted octanol–water partition coefficient (Wildman–Crippen LogP) is 3.90. The van der Waals surface area contributed by atoms with E-state index in [-0.39, 0.29) is 12.2 Å². The summed E-state index contributed by atoms with van der Waals surface area (Å²) in [5.41, 5.74) is -0.558. The number of carbonyl (C=O) groups is 2. The van der Waals surface area contributed by atoms with Gasteiger partial charge >= 0.3 is 12.1 Å². The van der Waals surface area contributed by atoms with Crippen LogP contribution < -0.4 is 5.32 Å². The van der Waals surface area contributed by atoms with E-state index in [1.54, 1.807) is 18.2 Å². The minimum Gasteiger partial charge on any atom is -0.481 e. The summed E-state index contributed by atoms with van der Waals surface area (Å²) in [5.74, 6) is -1.76. The molecule has 2 N–H and O–H groups in total. The molecule has 2 aromatic rings. The number of ether oxygens (including phenoxy) is 1. The van der Waals surface area contributed by atoms with E-state index >= 15 is 0 Å². The van der Waals surface area contributed by atoms with Gasteiger partial charge in [-0.05, 0) is 25.5 Å². The molecular weight excluding hydrogens is 325 g/mol. The molecule has 1 unspecified atom stereocenters. The van der Waals surface area contributed by atoms with Crippen molar-refractivity contribution in [1.29, 1.82) is 0 Å². The van der Waals surface area contributed by atoms with Gasteiger partial charge in [0.1, 0.15) is 12.4 Å². The molecule has 0 heterocycles. The van der Waals surface area contributed by atoms with Crippen molar-refractivity contribution in [3.63, 3.8) is 0 Å². The summed E-state index contributed by atoms with van der Waals surface area (Å²) < 4.78 is 19.3. The number of benzene rings is 2. The third-order valence-electron chi connectivity index (χ3n) is 3.96. The molecule has 0 radical (unpaired) electrons. The van der Waals surface area contributed by atoms with Crippen molar-refractivity contribution >= 4 is 12.1 Å². The first-order valence-electron chi connectivity index (χ1n) is 7.77. The van der Waals surface area contributed by atoms with Crippen LogP contribution >= 0.6 is 0 Å². The number of rotatable bonds is 6. The number of amides is 1. The monoisotopic (exact) mass is 345 g/mol. The molecule has 0 fully saturated rings. The fourth-order valence-electron chi connectivity index (χ4n) is 2.36. The molecule has 2 rings (SSSR count). The molecule has 1 atom stereocenters. The van der Waals surface area contributed by atoms with E-state index in [1.165, 1.54) is 32.0 Å². The van der Waals surface area contributed by atoms with Crippen LogP contribution in [0.1, 0.15) is 31.0 Å². The highest BCUT2D eigenvalue weighted by Gasteiger charge is 2.40. The van der Waals surface area contributed by atoms with Gasteiger partial charge < -0.3 is 15.2 Å². The fraction of sp³-hybridized carbons (Fsp3) is 0.263. The van der Waals surface area contributed by atoms with Gasteiger partial charge in [-0.25, -0.2) is 9.18 Å². The van der Waals surface area contributed by atoms with Crippen molar-refractivity contribution < 1.29 is 23.8 Å². The Kier molecular flexibility index (Phi) is 5.75. The Labute approximate surface area is 145 Å². The van der Waals surface area contributed by atoms with Crippen LogP contribution in [0.2, 0.25) is 0 Å². The lowest BCUT2D eigenvalue weighted by atomic mass is 9.80. The number of carboxylic acid groups (broad SMARTS) is 1. The average molecular weight is 345 g/mol. The van der Waals surface area contributed by atoms with Gasteiger partial charge in [-0.2, -0.15) is 0 Å². The number of aliphatic carboxylic acids is 1. The molecule has 0 bridgehead atoms. The van der Waals surface area contributed by atoms with Gasteiger partial charge in [0.05, 0.1) is 11.5 Å². The number of alkyl carbamates (subject to hydrolysis) is 1. The zero-order chi connectivity index (χ0) is 18.4. The van der Waals surface area contributed by atoms with Gasteiger partial charge in [-0.3, -0.25) is 4.79 Å². The Balaban J connectivity index is 2.17. The van der Waals surface area contributed by atoms with Crippen LogP contribution in [0.3, 0.4) is 0 Å². The summed E-state index contributed by atoms with van der Waals surface area (Å²) in [4.78, 5) is 23.7. The molecule has 25 heavy (non-hydrogen) atoms. The first-order chi connectivity index (χ1) is 11.8. The van der Waals surface area contributed by atoms with Crippen molar-refractivity contribution in [3.05, 3.63) is 71.5 Å². The minimum atomic E-state index is -1.44. The lowest BCUT2D eigenvalue weighted by Crippen LogP contribution is -2.43. The Bertz CT molecular complexity index is 746. The number of halogens is 1. The summed E-state index contributed by atoms with van der Waals surface area (Å²) in [7, 11) is 0. The summed E-state index contributed by atoms with van der Waals surface area (Å²) in [6.45, 7) is 2.87. The van der Waals surface area contributed by atoms with Crippen molar-refractivity contribution in [2.24, 2.45) is 5.41 Å². The Hall–Kier alpha value is -2.89. The standard InChI is InChI=1S/C19H20FNO4/c1-19(2,17(22)23)16(14-10-6-7-11-15(14)20)21-18(24)25-12-13-8-4-3-5-9-13/h3-11,16H,12H2,1-2H3,(H,21,24)(H,22,23). The molecule has 0 aliphatic heterocycles. The van der Waals surface area contributed by atoms with Gasteiger partial charge in [0.15, 0.2) is 0 Å². The van der Waals surface area contributed by atoms with Gasteiger partial charge in [-0.15, -0.1) is 0 Å². The highest BCUT2D eigenvalue weighted by Crippen LogP contribution is 2.35. The van der Waals surface area contributed by atoms with Gasteiger partial charge in [0, 0.05) is 5.56 Å². The van der Waals surface area contributed by atoms with E-state index in [1.807, 2.05) is 18.2 Å². The van der Waals surface area contributed by atoms with E-state index in [2.05, 4.69) is 5.32 Å². The van der Waals surface area contributed by atoms with Crippen LogP contribution in [0.25, 0.3) is 0 Å². The number of hydrogen-bond acceptors (Lipinski definition) is 3. The molecule has 1 amide bonds. The SMILES string of the molecule is CC(C)(C(=O)O)C(NC(=O)OCc1ccccc1)c1ccccc1F. The van der Waals surface area contributed by atoms with E-state index in [9.17, 15) is 19.1 Å². The molecule has 0 aliphatic rings. The lowest BCUT2D eigenvalue weighted by molar-refractivity contribution is -0.148. The third kappa shape index (κ3) is 4.56. The smallest absolute Gasteiger partial charge is 0.407 e. The summed E-state index contributed by atoms with van der Waals surface area (Å²) in [6, 6.07) is 13.7. The molecular formula is C19H20FNO4. The van der Waals surface area contributed by atoms with Gasteiger partial charge in [-0.1, -0.05) is 48.5 Å². The molecule has 0 spiro atoms. The number of hydrogen-bond donors (Lipinski definition) is 2. The van der Waals surface area contributed by atoms with E-state index in [0.29, 0.717) is 0 Å². The molecule has 5 nitrogen and oxygen atoms in total. The van der Waals surface area contributed by atoms with Crippen molar-refractivity contribution in [1.82, 2.24) is 5.32 Å². The highest BCUT2D eigenvalue weighted by molar-refractivity contribution is 5.77. The number of carboxylic acids is 1. The Morgan fingerprint density at radius 2 is 1.72 bits per heavy atom. The number of carbonyl (C=O) groups excluding carboxylic acids is 1. The van der Waals surface area contributed by atoms with Gasteiger partial charge in [0.25, 0.3) is 0 Å². The van der Waals surface area contributed by atoms with Crippen LogP contribution in [-0.4, -0.2) is 17.2 Å². The fourth-order valence-corrected chi connectivity index (χ4v) is 2.36. The molecule has 2 aromatic carbocycles. The summed E-state index contributed by atoms with van der Waals surface area (Å²) in [6.07, 6.45) is -0.813. The summed E-state index contributed by atoms with van der Waals surface area (Å²) >= 11 is 0. The second-order valence-electron chi connectivity index (χ2n) is 6.19. The van der Waals surface area contributed by atoms with Crippen LogP contribution in [0.5, 0.6) is 0 Å². The van der Waals surface area contributed by atoms with Crippen LogP contribution in [0, 0.1) is 11.2 Å². The molecule has 0 saturated carbocycles. The average Bonchev–Trinajstić information content (AvgIpc) is 2.59. The first-order valence-corrected chi connectivity index (χ1v) is 7.77. The van der Waals surface area contributed by atoms with Crippen LogP contribution in [0.15, 0.2) is 54.6 Å².